The van der Waals surface area contributed by atoms with Crippen LogP contribution in [0, 0.1) is 5.92 Å². The molecule has 2 aromatic rings. The van der Waals surface area contributed by atoms with Crippen molar-refractivity contribution in [2.75, 3.05) is 6.54 Å². The Morgan fingerprint density at radius 3 is 2.46 bits per heavy atom. The van der Waals surface area contributed by atoms with Gasteiger partial charge in [-0.15, -0.1) is 11.8 Å². The summed E-state index contributed by atoms with van der Waals surface area (Å²) in [6.07, 6.45) is 6.48. The molecule has 0 bridgehead atoms. The van der Waals surface area contributed by atoms with E-state index in [0.717, 1.165) is 22.8 Å². The highest BCUT2D eigenvalue weighted by Crippen LogP contribution is 2.27. The first kappa shape index (κ1) is 17.1. The quantitative estimate of drug-likeness (QED) is 0.725. The minimum Gasteiger partial charge on any atom is -0.352 e. The smallest absolute Gasteiger partial charge is 0.252 e. The normalized spacial score (nSPS) is 15.2. The third-order valence-electron chi connectivity index (χ3n) is 4.64. The van der Waals surface area contributed by atoms with Crippen LogP contribution in [0.1, 0.15) is 48.0 Å². The van der Waals surface area contributed by atoms with Crippen LogP contribution in [-0.4, -0.2) is 12.5 Å². The Bertz CT molecular complexity index is 650. The summed E-state index contributed by atoms with van der Waals surface area (Å²) in [5.41, 5.74) is 2.08. The highest BCUT2D eigenvalue weighted by Gasteiger charge is 2.16. The molecule has 1 aliphatic carbocycles. The number of carbonyl (C=O) groups excluding carboxylic acids is 1. The lowest BCUT2D eigenvalue weighted by atomic mass is 9.89. The summed E-state index contributed by atoms with van der Waals surface area (Å²) in [5.74, 6) is 1.61. The summed E-state index contributed by atoms with van der Waals surface area (Å²) in [6.45, 7) is 0.816. The van der Waals surface area contributed by atoms with E-state index in [4.69, 9.17) is 0 Å². The summed E-state index contributed by atoms with van der Waals surface area (Å²) in [7, 11) is 0. The maximum Gasteiger partial charge on any atom is 0.252 e. The van der Waals surface area contributed by atoms with Gasteiger partial charge in [0.1, 0.15) is 0 Å². The van der Waals surface area contributed by atoms with E-state index in [2.05, 4.69) is 29.6 Å². The zero-order valence-corrected chi connectivity index (χ0v) is 14.9. The van der Waals surface area contributed by atoms with Crippen molar-refractivity contribution >= 4 is 17.7 Å². The fourth-order valence-electron chi connectivity index (χ4n) is 3.24. The molecule has 3 heteroatoms. The molecular weight excluding hydrogens is 314 g/mol. The van der Waals surface area contributed by atoms with Crippen LogP contribution in [0.5, 0.6) is 0 Å². The van der Waals surface area contributed by atoms with E-state index in [1.54, 1.807) is 11.8 Å². The van der Waals surface area contributed by atoms with Gasteiger partial charge in [0, 0.05) is 17.2 Å². The second-order valence-corrected chi connectivity index (χ2v) is 7.50. The maximum atomic E-state index is 12.6. The summed E-state index contributed by atoms with van der Waals surface area (Å²) in [6, 6.07) is 18.3. The lowest BCUT2D eigenvalue weighted by Gasteiger charge is -2.22. The van der Waals surface area contributed by atoms with Crippen LogP contribution < -0.4 is 5.32 Å². The number of hydrogen-bond acceptors (Lipinski definition) is 2. The van der Waals surface area contributed by atoms with Crippen molar-refractivity contribution in [3.05, 3.63) is 65.7 Å². The zero-order chi connectivity index (χ0) is 16.6. The van der Waals surface area contributed by atoms with Crippen molar-refractivity contribution in [2.24, 2.45) is 5.92 Å². The first-order valence-electron chi connectivity index (χ1n) is 8.87. The first-order valence-corrected chi connectivity index (χ1v) is 9.85. The largest absolute Gasteiger partial charge is 0.352 e. The number of carbonyl (C=O) groups is 1. The lowest BCUT2D eigenvalue weighted by molar-refractivity contribution is 0.0940. The average Bonchev–Trinajstić information content (AvgIpc) is 2.66. The van der Waals surface area contributed by atoms with Crippen molar-refractivity contribution in [1.82, 2.24) is 5.32 Å². The summed E-state index contributed by atoms with van der Waals surface area (Å²) >= 11 is 1.73. The predicted molar refractivity (Wildman–Crippen MR) is 101 cm³/mol. The standard InChI is InChI=1S/C21H25NOS/c23-21(22-15-17-9-3-1-4-10-17)19-13-7-8-14-20(19)24-16-18-11-5-2-6-12-18/h2,5-8,11-14,17H,1,3-4,9-10,15-16H2,(H,22,23). The molecule has 0 heterocycles. The first-order chi connectivity index (χ1) is 11.8. The van der Waals surface area contributed by atoms with Gasteiger partial charge in [-0.25, -0.2) is 0 Å². The van der Waals surface area contributed by atoms with E-state index >= 15 is 0 Å². The van der Waals surface area contributed by atoms with Crippen LogP contribution in [0.3, 0.4) is 0 Å². The van der Waals surface area contributed by atoms with Crippen LogP contribution in [0.2, 0.25) is 0 Å². The maximum absolute atomic E-state index is 12.6. The topological polar surface area (TPSA) is 29.1 Å². The van der Waals surface area contributed by atoms with E-state index < -0.39 is 0 Å². The van der Waals surface area contributed by atoms with Crippen molar-refractivity contribution in [3.63, 3.8) is 0 Å². The molecule has 24 heavy (non-hydrogen) atoms. The fraction of sp³-hybridized carbons (Fsp3) is 0.381. The van der Waals surface area contributed by atoms with Gasteiger partial charge >= 0.3 is 0 Å². The van der Waals surface area contributed by atoms with Crippen molar-refractivity contribution in [1.29, 1.82) is 0 Å². The molecule has 1 N–H and O–H groups in total. The molecule has 0 saturated heterocycles. The number of hydrogen-bond donors (Lipinski definition) is 1. The van der Waals surface area contributed by atoms with E-state index in [-0.39, 0.29) is 5.91 Å². The van der Waals surface area contributed by atoms with E-state index in [9.17, 15) is 4.79 Å². The minimum absolute atomic E-state index is 0.0664. The molecule has 0 spiro atoms. The number of benzene rings is 2. The Labute approximate surface area is 149 Å². The van der Waals surface area contributed by atoms with E-state index in [1.165, 1.54) is 37.7 Å². The van der Waals surface area contributed by atoms with Gasteiger partial charge in [-0.05, 0) is 36.5 Å². The molecule has 0 atom stereocenters. The van der Waals surface area contributed by atoms with E-state index in [1.807, 2.05) is 30.3 Å². The van der Waals surface area contributed by atoms with Crippen LogP contribution in [-0.2, 0) is 5.75 Å². The van der Waals surface area contributed by atoms with Gasteiger partial charge in [0.2, 0.25) is 0 Å². The van der Waals surface area contributed by atoms with Gasteiger partial charge in [0.25, 0.3) is 5.91 Å². The van der Waals surface area contributed by atoms with Gasteiger partial charge < -0.3 is 5.32 Å². The third kappa shape index (κ3) is 4.88. The minimum atomic E-state index is 0.0664. The summed E-state index contributed by atoms with van der Waals surface area (Å²) in [5, 5.41) is 3.15. The predicted octanol–water partition coefficient (Wildman–Crippen LogP) is 5.29. The molecule has 0 unspecified atom stereocenters. The summed E-state index contributed by atoms with van der Waals surface area (Å²) < 4.78 is 0. The Morgan fingerprint density at radius 2 is 1.67 bits per heavy atom. The number of rotatable bonds is 6. The zero-order valence-electron chi connectivity index (χ0n) is 14.0. The van der Waals surface area contributed by atoms with Crippen LogP contribution in [0.4, 0.5) is 0 Å². The Hall–Kier alpha value is -1.74. The van der Waals surface area contributed by atoms with Gasteiger partial charge in [0.05, 0.1) is 5.56 Å². The molecule has 1 aliphatic rings. The molecule has 1 amide bonds. The Morgan fingerprint density at radius 1 is 0.958 bits per heavy atom. The molecule has 1 fully saturated rings. The lowest BCUT2D eigenvalue weighted by Crippen LogP contribution is -2.30. The van der Waals surface area contributed by atoms with Crippen molar-refractivity contribution in [2.45, 2.75) is 42.8 Å². The van der Waals surface area contributed by atoms with E-state index in [0.29, 0.717) is 5.92 Å². The monoisotopic (exact) mass is 339 g/mol. The molecule has 3 rings (SSSR count). The van der Waals surface area contributed by atoms with Crippen molar-refractivity contribution in [3.8, 4) is 0 Å². The SMILES string of the molecule is O=C(NCC1CCCCC1)c1ccccc1SCc1ccccc1. The average molecular weight is 340 g/mol. The number of thioether (sulfide) groups is 1. The van der Waals surface area contributed by atoms with Gasteiger partial charge in [-0.1, -0.05) is 61.7 Å². The second kappa shape index (κ2) is 8.93. The molecule has 2 nitrogen and oxygen atoms in total. The van der Waals surface area contributed by atoms with Gasteiger partial charge in [-0.3, -0.25) is 4.79 Å². The van der Waals surface area contributed by atoms with Crippen LogP contribution >= 0.6 is 11.8 Å². The molecule has 2 aromatic carbocycles. The third-order valence-corrected chi connectivity index (χ3v) is 5.79. The number of amides is 1. The molecule has 126 valence electrons. The molecule has 0 aromatic heterocycles. The van der Waals surface area contributed by atoms with Crippen LogP contribution in [0.15, 0.2) is 59.5 Å². The van der Waals surface area contributed by atoms with Crippen LogP contribution in [0.25, 0.3) is 0 Å². The van der Waals surface area contributed by atoms with Crippen molar-refractivity contribution < 1.29 is 4.79 Å². The van der Waals surface area contributed by atoms with Gasteiger partial charge in [-0.2, -0.15) is 0 Å². The molecular formula is C21H25NOS. The molecule has 0 aliphatic heterocycles. The van der Waals surface area contributed by atoms with Gasteiger partial charge in [0.15, 0.2) is 0 Å². The second-order valence-electron chi connectivity index (χ2n) is 6.48. The fourth-order valence-corrected chi connectivity index (χ4v) is 4.24. The highest BCUT2D eigenvalue weighted by atomic mass is 32.2. The number of nitrogens with one attached hydrogen (secondary N) is 1. The summed E-state index contributed by atoms with van der Waals surface area (Å²) in [4.78, 5) is 13.7. The Kier molecular flexibility index (Phi) is 6.36. The molecule has 0 radical (unpaired) electrons. The highest BCUT2D eigenvalue weighted by molar-refractivity contribution is 7.98. The molecule has 1 saturated carbocycles. The Balaban J connectivity index is 1.59.